The molecule has 0 bridgehead atoms. The number of carbonyl (C=O) groups excluding carboxylic acids is 3. The van der Waals surface area contributed by atoms with Crippen LogP contribution in [0.1, 0.15) is 32.4 Å². The zero-order chi connectivity index (χ0) is 33.3. The number of methoxy groups -OCH3 is 1. The van der Waals surface area contributed by atoms with Crippen LogP contribution in [0.2, 0.25) is 15.1 Å². The molecule has 0 saturated carbocycles. The summed E-state index contributed by atoms with van der Waals surface area (Å²) in [6, 6.07) is 6.34. The Kier molecular flexibility index (Phi) is 9.45. The molecule has 0 aliphatic rings. The van der Waals surface area contributed by atoms with Gasteiger partial charge in [0.1, 0.15) is 12.2 Å². The lowest BCUT2D eigenvalue weighted by atomic mass is 10.1. The van der Waals surface area contributed by atoms with Crippen molar-refractivity contribution in [3.8, 4) is 5.82 Å². The molecular weight excluding hydrogens is 682 g/mol. The van der Waals surface area contributed by atoms with Crippen LogP contribution in [0.5, 0.6) is 0 Å². The molecule has 3 amide bonds. The Balaban J connectivity index is 1.72. The van der Waals surface area contributed by atoms with Crippen molar-refractivity contribution in [3.05, 3.63) is 74.4 Å². The number of amides is 3. The van der Waals surface area contributed by atoms with Crippen LogP contribution in [-0.2, 0) is 17.2 Å². The predicted molar refractivity (Wildman–Crippen MR) is 145 cm³/mol. The maximum Gasteiger partial charge on any atom is 0.461 e. The molecule has 0 atom stereocenters. The van der Waals surface area contributed by atoms with Crippen molar-refractivity contribution < 1.29 is 41.1 Å². The number of hydrazine groups is 1. The number of hydrogen-bond donors (Lipinski definition) is 2. The van der Waals surface area contributed by atoms with Gasteiger partial charge in [-0.2, -0.15) is 31.8 Å². The normalized spacial score (nSPS) is 11.7. The van der Waals surface area contributed by atoms with Gasteiger partial charge in [-0.05, 0) is 35.5 Å². The zero-order valence-corrected chi connectivity index (χ0v) is 24.7. The van der Waals surface area contributed by atoms with E-state index in [1.54, 1.807) is 0 Å². The van der Waals surface area contributed by atoms with Crippen molar-refractivity contribution in [2.24, 2.45) is 0 Å². The number of ether oxygens (including phenoxy) is 1. The highest BCUT2D eigenvalue weighted by Gasteiger charge is 2.62. The van der Waals surface area contributed by atoms with Crippen molar-refractivity contribution in [3.63, 3.8) is 0 Å². The first kappa shape index (κ1) is 33.3. The predicted octanol–water partition coefficient (Wildman–Crippen LogP) is 4.51. The molecule has 4 aromatic rings. The highest BCUT2D eigenvalue weighted by atomic mass is 35.5. The van der Waals surface area contributed by atoms with Crippen LogP contribution in [0.3, 0.4) is 0 Å². The molecule has 0 saturated heterocycles. The first-order valence-electron chi connectivity index (χ1n) is 11.9. The first-order chi connectivity index (χ1) is 21.0. The maximum absolute atomic E-state index is 13.7. The van der Waals surface area contributed by atoms with Gasteiger partial charge in [-0.15, -0.1) is 10.2 Å². The number of tetrazole rings is 1. The Morgan fingerprint density at radius 2 is 1.73 bits per heavy atom. The summed E-state index contributed by atoms with van der Waals surface area (Å²) in [6.07, 6.45) is -5.59. The lowest BCUT2D eigenvalue weighted by molar-refractivity contribution is -0.292. The van der Waals surface area contributed by atoms with E-state index in [9.17, 15) is 36.3 Å². The number of anilines is 1. The molecule has 22 heteroatoms. The molecule has 45 heavy (non-hydrogen) atoms. The van der Waals surface area contributed by atoms with Crippen LogP contribution in [0.15, 0.2) is 36.5 Å². The van der Waals surface area contributed by atoms with E-state index in [-0.39, 0.29) is 43.5 Å². The summed E-state index contributed by atoms with van der Waals surface area (Å²) in [5.41, 5.74) is 1.20. The van der Waals surface area contributed by atoms with E-state index in [0.29, 0.717) is 9.81 Å². The molecule has 3 heterocycles. The lowest BCUT2D eigenvalue weighted by Gasteiger charge is -2.19. The van der Waals surface area contributed by atoms with E-state index < -0.39 is 42.4 Å². The van der Waals surface area contributed by atoms with E-state index in [1.807, 2.05) is 0 Å². The van der Waals surface area contributed by atoms with Gasteiger partial charge >= 0.3 is 18.2 Å². The standard InChI is InChI=1S/C23H16Cl3F5N10O4/c1-39(21(44)45-2)36-18(42)12-6-10(24)7-14(26)16(12)33-19(43)15-8-11(35-41(15)17-13(25)4-3-5-32-17)9-40-37-20(34-38-40)22(27,28)23(29,30)31/h3-8H,9H2,1-2H3,(H,33,43)(H,36,42). The molecule has 1 aromatic carbocycles. The van der Waals surface area contributed by atoms with Gasteiger partial charge < -0.3 is 10.1 Å². The summed E-state index contributed by atoms with van der Waals surface area (Å²) >= 11 is 18.6. The molecular formula is C23H16Cl3F5N10O4. The second kappa shape index (κ2) is 12.8. The summed E-state index contributed by atoms with van der Waals surface area (Å²) in [5.74, 6) is -9.29. The Hall–Kier alpha value is -4.62. The molecule has 14 nitrogen and oxygen atoms in total. The van der Waals surface area contributed by atoms with Crippen LogP contribution in [0.25, 0.3) is 5.82 Å². The third kappa shape index (κ3) is 7.04. The number of rotatable bonds is 7. The fourth-order valence-electron chi connectivity index (χ4n) is 3.52. The van der Waals surface area contributed by atoms with E-state index in [1.165, 1.54) is 31.4 Å². The van der Waals surface area contributed by atoms with Gasteiger partial charge in [0.05, 0.1) is 34.1 Å². The number of hydrogen-bond acceptors (Lipinski definition) is 9. The van der Waals surface area contributed by atoms with Crippen molar-refractivity contribution in [2.75, 3.05) is 19.5 Å². The second-order valence-corrected chi connectivity index (χ2v) is 9.94. The number of alkyl halides is 5. The number of pyridine rings is 1. The summed E-state index contributed by atoms with van der Waals surface area (Å²) in [5, 5.41) is 16.2. The van der Waals surface area contributed by atoms with Gasteiger partial charge in [-0.1, -0.05) is 34.8 Å². The fraction of sp³-hybridized carbons (Fsp3) is 0.217. The summed E-state index contributed by atoms with van der Waals surface area (Å²) in [6.45, 7) is -0.631. The SMILES string of the molecule is COC(=O)N(C)NC(=O)c1cc(Cl)cc(Cl)c1NC(=O)c1cc(Cn2nnc(C(F)(F)C(F)(F)F)n2)nn1-c1ncccc1Cl. The molecule has 0 unspecified atom stereocenters. The van der Waals surface area contributed by atoms with Gasteiger partial charge in [0.15, 0.2) is 5.82 Å². The number of benzene rings is 1. The average Bonchev–Trinajstić information content (AvgIpc) is 3.61. The summed E-state index contributed by atoms with van der Waals surface area (Å²) in [7, 11) is 2.26. The minimum atomic E-state index is -5.98. The monoisotopic (exact) mass is 696 g/mol. The molecule has 238 valence electrons. The van der Waals surface area contributed by atoms with Crippen LogP contribution in [-0.4, -0.2) is 78.2 Å². The van der Waals surface area contributed by atoms with Crippen molar-refractivity contribution in [1.82, 2.24) is 45.4 Å². The van der Waals surface area contributed by atoms with Gasteiger partial charge in [0.2, 0.25) is 0 Å². The fourth-order valence-corrected chi connectivity index (χ4v) is 4.27. The lowest BCUT2D eigenvalue weighted by Crippen LogP contribution is -2.43. The minimum Gasteiger partial charge on any atom is -0.452 e. The zero-order valence-electron chi connectivity index (χ0n) is 22.4. The van der Waals surface area contributed by atoms with E-state index in [4.69, 9.17) is 34.8 Å². The van der Waals surface area contributed by atoms with E-state index >= 15 is 0 Å². The molecule has 0 aliphatic carbocycles. The van der Waals surface area contributed by atoms with Crippen molar-refractivity contribution in [1.29, 1.82) is 0 Å². The van der Waals surface area contributed by atoms with Crippen molar-refractivity contribution >= 4 is 58.4 Å². The van der Waals surface area contributed by atoms with E-state index in [0.717, 1.165) is 23.9 Å². The highest BCUT2D eigenvalue weighted by Crippen LogP contribution is 2.42. The largest absolute Gasteiger partial charge is 0.461 e. The first-order valence-corrected chi connectivity index (χ1v) is 13.0. The van der Waals surface area contributed by atoms with E-state index in [2.05, 4.69) is 41.0 Å². The summed E-state index contributed by atoms with van der Waals surface area (Å²) < 4.78 is 71.0. The van der Waals surface area contributed by atoms with Crippen LogP contribution in [0.4, 0.5) is 32.4 Å². The van der Waals surface area contributed by atoms with Crippen molar-refractivity contribution in [2.45, 2.75) is 18.6 Å². The van der Waals surface area contributed by atoms with Gasteiger partial charge in [-0.25, -0.2) is 19.5 Å². The molecule has 4 rings (SSSR count). The smallest absolute Gasteiger partial charge is 0.452 e. The topological polar surface area (TPSA) is 162 Å². The number of halogens is 8. The Morgan fingerprint density at radius 1 is 1.02 bits per heavy atom. The number of aromatic nitrogens is 7. The Labute approximate surface area is 262 Å². The Bertz CT molecular complexity index is 1780. The number of nitrogens with zero attached hydrogens (tertiary/aromatic N) is 8. The molecule has 0 radical (unpaired) electrons. The quantitative estimate of drug-likeness (QED) is 0.209. The van der Waals surface area contributed by atoms with Crippen LogP contribution >= 0.6 is 34.8 Å². The molecule has 0 spiro atoms. The maximum atomic E-state index is 13.7. The molecule has 2 N–H and O–H groups in total. The summed E-state index contributed by atoms with van der Waals surface area (Å²) in [4.78, 5) is 42.8. The Morgan fingerprint density at radius 3 is 2.38 bits per heavy atom. The number of carbonyl (C=O) groups is 3. The second-order valence-electron chi connectivity index (χ2n) is 8.69. The van der Waals surface area contributed by atoms with Gasteiger partial charge in [0, 0.05) is 18.3 Å². The van der Waals surface area contributed by atoms with Crippen LogP contribution in [0, 0.1) is 0 Å². The van der Waals surface area contributed by atoms with Crippen LogP contribution < -0.4 is 10.7 Å². The third-order valence-electron chi connectivity index (χ3n) is 5.58. The number of nitrogens with one attached hydrogen (secondary N) is 2. The van der Waals surface area contributed by atoms with Gasteiger partial charge in [0.25, 0.3) is 17.6 Å². The highest BCUT2D eigenvalue weighted by molar-refractivity contribution is 6.38. The molecule has 3 aromatic heterocycles. The van der Waals surface area contributed by atoms with Gasteiger partial charge in [-0.3, -0.25) is 15.0 Å². The molecule has 0 aliphatic heterocycles. The minimum absolute atomic E-state index is 0.00243. The average molecular weight is 698 g/mol. The molecule has 0 fully saturated rings. The third-order valence-corrected chi connectivity index (χ3v) is 6.39.